The Kier molecular flexibility index (Phi) is 21.9. The minimum Gasteiger partial charge on any atom is -0.305 e. The second kappa shape index (κ2) is 30.6. The SMILES string of the molecule is C[Si](C)(C)c1cnc(-c2[c-]cc3c(c2)S(=O)(=O)c2ccccc2-3)cc1-c1ccccc1.C[Si](C)(C)c1cnc(-c2[c-]cc3c(c2)[Si](c2ccccc2)(c2ccccc2)c2ccccc2-3)cc1-c1ccccc1.[Ir].[Ir].[c-]1ccccc1-c1ccccn1.[c-]1ccccc1-c1ccccn1. The zero-order valence-corrected chi connectivity index (χ0v) is 63.8. The van der Waals surface area contributed by atoms with Gasteiger partial charge in [0, 0.05) is 65.0 Å². The number of aromatic nitrogens is 4. The van der Waals surface area contributed by atoms with Gasteiger partial charge in [0.15, 0.2) is 17.9 Å². The third-order valence-corrected chi connectivity index (χ3v) is 28.2. The summed E-state index contributed by atoms with van der Waals surface area (Å²) in [5.41, 5.74) is 16.4. The normalized spacial score (nSPS) is 12.5. The van der Waals surface area contributed by atoms with Crippen molar-refractivity contribution in [3.8, 4) is 89.5 Å². The Hall–Kier alpha value is -9.30. The summed E-state index contributed by atoms with van der Waals surface area (Å²) in [6.07, 6.45) is 7.68. The van der Waals surface area contributed by atoms with Gasteiger partial charge in [-0.2, -0.15) is 0 Å². The van der Waals surface area contributed by atoms with E-state index in [1.54, 1.807) is 36.7 Å². The third kappa shape index (κ3) is 14.6. The van der Waals surface area contributed by atoms with Crippen LogP contribution in [-0.2, 0) is 50.0 Å². The predicted octanol–water partition coefficient (Wildman–Crippen LogP) is 16.8. The molecule has 2 aliphatic heterocycles. The Bertz CT molecular complexity index is 4940. The largest absolute Gasteiger partial charge is 0.305 e. The van der Waals surface area contributed by atoms with Crippen LogP contribution in [0.15, 0.2) is 326 Å². The van der Waals surface area contributed by atoms with Gasteiger partial charge in [-0.05, 0) is 99.6 Å². The van der Waals surface area contributed by atoms with Crippen molar-refractivity contribution < 1.29 is 48.6 Å². The summed E-state index contributed by atoms with van der Waals surface area (Å²) in [5.74, 6) is 0. The van der Waals surface area contributed by atoms with Crippen LogP contribution < -0.4 is 31.1 Å². The maximum absolute atomic E-state index is 13.1. The van der Waals surface area contributed by atoms with E-state index in [2.05, 4.69) is 231 Å². The molecule has 0 spiro atoms. The van der Waals surface area contributed by atoms with E-state index in [9.17, 15) is 8.42 Å². The van der Waals surface area contributed by atoms with Crippen molar-refractivity contribution in [2.45, 2.75) is 49.1 Å². The fraction of sp³-hybridized carbons (Fsp3) is 0.0698. The monoisotopic (exact) mass is 1690 g/mol. The van der Waals surface area contributed by atoms with Crippen molar-refractivity contribution in [1.29, 1.82) is 0 Å². The molecule has 0 bridgehead atoms. The first-order valence-electron chi connectivity index (χ1n) is 32.2. The Balaban J connectivity index is 0.000000148. The van der Waals surface area contributed by atoms with E-state index in [4.69, 9.17) is 9.97 Å². The molecule has 0 amide bonds. The van der Waals surface area contributed by atoms with E-state index in [-0.39, 0.29) is 40.2 Å². The van der Waals surface area contributed by atoms with Gasteiger partial charge in [0.1, 0.15) is 0 Å². The molecule has 0 fully saturated rings. The van der Waals surface area contributed by atoms with Crippen molar-refractivity contribution >= 4 is 65.2 Å². The molecule has 6 heterocycles. The molecule has 98 heavy (non-hydrogen) atoms. The first kappa shape index (κ1) is 70.0. The van der Waals surface area contributed by atoms with Gasteiger partial charge in [-0.25, -0.2) is 8.42 Å². The minimum absolute atomic E-state index is 0. The zero-order valence-electron chi connectivity index (χ0n) is 55.2. The van der Waals surface area contributed by atoms with Crippen molar-refractivity contribution in [2.24, 2.45) is 0 Å². The Labute approximate surface area is 607 Å². The second-order valence-electron chi connectivity index (χ2n) is 25.8. The molecule has 0 unspecified atom stereocenters. The van der Waals surface area contributed by atoms with Gasteiger partial charge in [0.25, 0.3) is 0 Å². The van der Waals surface area contributed by atoms with Crippen molar-refractivity contribution in [3.63, 3.8) is 0 Å². The quantitative estimate of drug-likeness (QED) is 0.100. The number of hydrogen-bond acceptors (Lipinski definition) is 6. The van der Waals surface area contributed by atoms with E-state index < -0.39 is 34.1 Å². The molecule has 0 N–H and O–H groups in total. The molecule has 16 rings (SSSR count). The number of sulfone groups is 1. The van der Waals surface area contributed by atoms with Crippen LogP contribution in [0.3, 0.4) is 0 Å². The van der Waals surface area contributed by atoms with E-state index in [0.717, 1.165) is 56.2 Å². The summed E-state index contributed by atoms with van der Waals surface area (Å²) in [5, 5.41) is 8.34. The van der Waals surface area contributed by atoms with E-state index in [0.29, 0.717) is 20.9 Å². The summed E-state index contributed by atoms with van der Waals surface area (Å²) in [6.45, 7) is 14.1. The van der Waals surface area contributed by atoms with Crippen molar-refractivity contribution in [1.82, 2.24) is 19.9 Å². The standard InChI is InChI=1S/C38H32NSi2.C26H22NO2SSi.2C11H8N.2Ir/c1-40(2,3)38-27-39-35(26-34(38)28-15-7-4-8-16-28)29-23-24-33-32-21-13-14-22-36(32)41(37(33)25-29,30-17-9-5-10-18-30)31-19-11-6-12-20-31;1-31(2,3)26-17-27-23(16-22(26)18-9-5-4-6-10-18)19-13-14-21-20-11-7-8-12-24(20)30(28,29)25(21)15-19;2*1-2-6-10(7-3-1)11-8-4-5-9-12-11;;/h4-22,24-27H,1-3H3;4-12,14-17H,1-3H3;2*1-6,8-9H;;/q4*-1;;. The van der Waals surface area contributed by atoms with Crippen LogP contribution in [0.5, 0.6) is 0 Å². The number of hydrogen-bond donors (Lipinski definition) is 0. The van der Waals surface area contributed by atoms with Crippen LogP contribution in [0, 0.1) is 24.3 Å². The summed E-state index contributed by atoms with van der Waals surface area (Å²) < 4.78 is 26.2. The molecule has 0 atom stereocenters. The van der Waals surface area contributed by atoms with Crippen LogP contribution in [0.2, 0.25) is 39.3 Å². The smallest absolute Gasteiger partial charge is 0.189 e. The average molecular weight is 1690 g/mol. The van der Waals surface area contributed by atoms with E-state index in [1.807, 2.05) is 121 Å². The van der Waals surface area contributed by atoms with Crippen LogP contribution >= 0.6 is 0 Å². The van der Waals surface area contributed by atoms with Crippen LogP contribution in [0.25, 0.3) is 89.5 Å². The Morgan fingerprint density at radius 3 is 1.20 bits per heavy atom. The topological polar surface area (TPSA) is 85.7 Å². The Morgan fingerprint density at radius 1 is 0.327 bits per heavy atom. The molecule has 0 saturated heterocycles. The molecular weight excluding hydrogens is 1620 g/mol. The summed E-state index contributed by atoms with van der Waals surface area (Å²) in [4.78, 5) is 19.0. The fourth-order valence-corrected chi connectivity index (χ4v) is 22.7. The molecule has 10 aromatic carbocycles. The number of nitrogens with zero attached hydrogens (tertiary/aromatic N) is 4. The van der Waals surface area contributed by atoms with Crippen molar-refractivity contribution in [2.75, 3.05) is 0 Å². The molecule has 0 saturated carbocycles. The summed E-state index contributed by atoms with van der Waals surface area (Å²) in [6, 6.07) is 113. The fourth-order valence-electron chi connectivity index (χ4n) is 12.9. The molecular formula is C86H70Ir2N4O2SSi3-4. The number of benzene rings is 10. The summed E-state index contributed by atoms with van der Waals surface area (Å²) >= 11 is 0. The molecule has 486 valence electrons. The molecule has 6 nitrogen and oxygen atoms in total. The van der Waals surface area contributed by atoms with Crippen LogP contribution in [0.4, 0.5) is 0 Å². The van der Waals surface area contributed by atoms with Crippen LogP contribution in [0.1, 0.15) is 0 Å². The number of rotatable bonds is 10. The first-order valence-corrected chi connectivity index (χ1v) is 42.7. The third-order valence-electron chi connectivity index (χ3n) is 17.5. The molecule has 0 aliphatic carbocycles. The molecule has 14 aromatic rings. The van der Waals surface area contributed by atoms with Gasteiger partial charge in [-0.1, -0.05) is 256 Å². The van der Waals surface area contributed by atoms with Gasteiger partial charge in [0.2, 0.25) is 0 Å². The predicted molar refractivity (Wildman–Crippen MR) is 404 cm³/mol. The zero-order chi connectivity index (χ0) is 66.3. The number of pyridine rings is 4. The first-order chi connectivity index (χ1) is 46.7. The molecule has 4 aromatic heterocycles. The van der Waals surface area contributed by atoms with Gasteiger partial charge in [0.05, 0.1) is 21.0 Å². The second-order valence-corrected chi connectivity index (χ2v) is 41.5. The average Bonchev–Trinajstić information content (AvgIpc) is 1.53. The van der Waals surface area contributed by atoms with Crippen molar-refractivity contribution in [3.05, 3.63) is 340 Å². The van der Waals surface area contributed by atoms with E-state index in [1.165, 1.54) is 53.4 Å². The maximum atomic E-state index is 13.1. The maximum Gasteiger partial charge on any atom is 0.189 e. The summed E-state index contributed by atoms with van der Waals surface area (Å²) in [7, 11) is -9.34. The Morgan fingerprint density at radius 2 is 0.745 bits per heavy atom. The van der Waals surface area contributed by atoms with Crippen LogP contribution in [-0.4, -0.2) is 52.6 Å². The van der Waals surface area contributed by atoms with Gasteiger partial charge in [-0.3, -0.25) is 0 Å². The van der Waals surface area contributed by atoms with E-state index >= 15 is 0 Å². The molecule has 2 aliphatic rings. The molecule has 12 heteroatoms. The molecule has 2 radical (unpaired) electrons. The van der Waals surface area contributed by atoms with Gasteiger partial charge >= 0.3 is 0 Å². The minimum atomic E-state index is -3.53. The van der Waals surface area contributed by atoms with Gasteiger partial charge < -0.3 is 19.9 Å². The number of fused-ring (bicyclic) bond motifs is 6. The van der Waals surface area contributed by atoms with Gasteiger partial charge in [-0.15, -0.1) is 125 Å².